The Morgan fingerprint density at radius 1 is 1.33 bits per heavy atom. The van der Waals surface area contributed by atoms with Gasteiger partial charge in [-0.1, -0.05) is 39.8 Å². The molecule has 0 atom stereocenters. The molecule has 1 aromatic carbocycles. The molecule has 1 aromatic heterocycles. The van der Waals surface area contributed by atoms with E-state index >= 15 is 0 Å². The molecule has 0 radical (unpaired) electrons. The number of nitrogens with one attached hydrogen (secondary N) is 1. The normalized spacial score (nSPS) is 12.6. The summed E-state index contributed by atoms with van der Waals surface area (Å²) >= 11 is 0. The molecule has 0 unspecified atom stereocenters. The first-order chi connectivity index (χ1) is 7.01. The average molecular weight is 204 g/mol. The molecular weight excluding hydrogens is 184 g/mol. The Balaban J connectivity index is 0.00000128. The van der Waals surface area contributed by atoms with Crippen LogP contribution in [-0.4, -0.2) is 10.2 Å². The molecule has 2 aromatic rings. The summed E-state index contributed by atoms with van der Waals surface area (Å²) in [7, 11) is 0. The predicted octanol–water partition coefficient (Wildman–Crippen LogP) is 3.74. The third-order valence-corrected chi connectivity index (χ3v) is 3.63. The van der Waals surface area contributed by atoms with Crippen LogP contribution in [0.5, 0.6) is 0 Å². The maximum Gasteiger partial charge on any atom is 0.0653 e. The highest BCUT2D eigenvalue weighted by molar-refractivity contribution is 5.78. The second-order valence-corrected chi connectivity index (χ2v) is 5.05. The predicted molar refractivity (Wildman–Crippen MR) is 66.1 cm³/mol. The molecule has 0 saturated carbocycles. The van der Waals surface area contributed by atoms with Crippen LogP contribution in [0.4, 0.5) is 0 Å². The first-order valence-corrected chi connectivity index (χ1v) is 5.45. The van der Waals surface area contributed by atoms with Crippen LogP contribution >= 0.6 is 0 Å². The van der Waals surface area contributed by atoms with Gasteiger partial charge in [0.1, 0.15) is 0 Å². The van der Waals surface area contributed by atoms with Crippen molar-refractivity contribution in [3.8, 4) is 0 Å². The standard InChI is InChI=1S/C13H18N2.H2/c1-9(2)13(3,4)11-6-5-10-8-14-15-12(10)7-11;/h5-9H,1-4H3,(H,14,15);1H. The third kappa shape index (κ3) is 1.65. The van der Waals surface area contributed by atoms with Crippen LogP contribution < -0.4 is 0 Å². The van der Waals surface area contributed by atoms with Gasteiger partial charge in [0.2, 0.25) is 0 Å². The van der Waals surface area contributed by atoms with Crippen LogP contribution in [0.25, 0.3) is 10.9 Å². The van der Waals surface area contributed by atoms with E-state index in [0.717, 1.165) is 5.52 Å². The van der Waals surface area contributed by atoms with Gasteiger partial charge in [0.25, 0.3) is 0 Å². The summed E-state index contributed by atoms with van der Waals surface area (Å²) < 4.78 is 0. The number of fused-ring (bicyclic) bond motifs is 1. The quantitative estimate of drug-likeness (QED) is 0.793. The minimum Gasteiger partial charge on any atom is -0.278 e. The van der Waals surface area contributed by atoms with Gasteiger partial charge in [-0.05, 0) is 23.0 Å². The Morgan fingerprint density at radius 2 is 2.07 bits per heavy atom. The first kappa shape index (κ1) is 10.2. The Hall–Kier alpha value is -1.31. The van der Waals surface area contributed by atoms with E-state index in [9.17, 15) is 0 Å². The van der Waals surface area contributed by atoms with E-state index < -0.39 is 0 Å². The molecule has 2 rings (SSSR count). The lowest BCUT2D eigenvalue weighted by molar-refractivity contribution is 0.372. The van der Waals surface area contributed by atoms with Crippen LogP contribution in [0.1, 0.15) is 34.7 Å². The molecule has 0 aliphatic rings. The van der Waals surface area contributed by atoms with E-state index in [2.05, 4.69) is 56.1 Å². The van der Waals surface area contributed by atoms with Gasteiger partial charge < -0.3 is 0 Å². The monoisotopic (exact) mass is 204 g/mol. The lowest BCUT2D eigenvalue weighted by Gasteiger charge is -2.29. The Kier molecular flexibility index (Phi) is 2.29. The van der Waals surface area contributed by atoms with E-state index in [0.29, 0.717) is 5.92 Å². The van der Waals surface area contributed by atoms with Gasteiger partial charge >= 0.3 is 0 Å². The van der Waals surface area contributed by atoms with Crippen molar-refractivity contribution in [2.75, 3.05) is 0 Å². The number of hydrogen-bond donors (Lipinski definition) is 1. The zero-order chi connectivity index (χ0) is 11.1. The van der Waals surface area contributed by atoms with Crippen molar-refractivity contribution < 1.29 is 1.43 Å². The SMILES string of the molecule is CC(C)C(C)(C)c1ccc2cn[nH]c2c1.[HH]. The molecule has 0 aliphatic carbocycles. The molecule has 82 valence electrons. The zero-order valence-electron chi connectivity index (χ0n) is 9.83. The summed E-state index contributed by atoms with van der Waals surface area (Å²) in [5.41, 5.74) is 2.70. The minimum absolute atomic E-state index is 0. The van der Waals surface area contributed by atoms with Gasteiger partial charge in [-0.25, -0.2) is 0 Å². The number of hydrogen-bond acceptors (Lipinski definition) is 1. The van der Waals surface area contributed by atoms with Crippen molar-refractivity contribution >= 4 is 10.9 Å². The summed E-state index contributed by atoms with van der Waals surface area (Å²) in [4.78, 5) is 0. The van der Waals surface area contributed by atoms with Crippen molar-refractivity contribution in [2.45, 2.75) is 33.1 Å². The first-order valence-electron chi connectivity index (χ1n) is 5.45. The Morgan fingerprint density at radius 3 is 2.73 bits per heavy atom. The summed E-state index contributed by atoms with van der Waals surface area (Å²) in [6.45, 7) is 9.10. The number of aromatic amines is 1. The third-order valence-electron chi connectivity index (χ3n) is 3.63. The fraction of sp³-hybridized carbons (Fsp3) is 0.462. The Labute approximate surface area is 92.2 Å². The zero-order valence-corrected chi connectivity index (χ0v) is 9.83. The molecule has 0 bridgehead atoms. The highest BCUT2D eigenvalue weighted by Crippen LogP contribution is 2.32. The number of aromatic nitrogens is 2. The van der Waals surface area contributed by atoms with Crippen molar-refractivity contribution in [2.24, 2.45) is 5.92 Å². The summed E-state index contributed by atoms with van der Waals surface area (Å²) in [5.74, 6) is 0.623. The molecular formula is C13H20N2. The summed E-state index contributed by atoms with van der Waals surface area (Å²) in [6.07, 6.45) is 1.86. The van der Waals surface area contributed by atoms with Gasteiger partial charge in [-0.3, -0.25) is 5.10 Å². The van der Waals surface area contributed by atoms with Crippen molar-refractivity contribution in [1.29, 1.82) is 0 Å². The molecule has 15 heavy (non-hydrogen) atoms. The molecule has 0 aliphatic heterocycles. The van der Waals surface area contributed by atoms with E-state index in [1.54, 1.807) is 0 Å². The largest absolute Gasteiger partial charge is 0.278 e. The molecule has 0 saturated heterocycles. The summed E-state index contributed by atoms with van der Waals surface area (Å²) in [6, 6.07) is 6.55. The van der Waals surface area contributed by atoms with E-state index in [4.69, 9.17) is 0 Å². The van der Waals surface area contributed by atoms with Crippen LogP contribution in [0.3, 0.4) is 0 Å². The number of nitrogens with zero attached hydrogens (tertiary/aromatic N) is 1. The fourth-order valence-electron chi connectivity index (χ4n) is 1.67. The fourth-order valence-corrected chi connectivity index (χ4v) is 1.67. The average Bonchev–Trinajstić information content (AvgIpc) is 2.63. The van der Waals surface area contributed by atoms with Gasteiger partial charge in [0.05, 0.1) is 11.7 Å². The molecule has 2 nitrogen and oxygen atoms in total. The lowest BCUT2D eigenvalue weighted by Crippen LogP contribution is -2.24. The van der Waals surface area contributed by atoms with Crippen LogP contribution in [-0.2, 0) is 5.41 Å². The number of benzene rings is 1. The van der Waals surface area contributed by atoms with Crippen molar-refractivity contribution in [3.05, 3.63) is 30.0 Å². The van der Waals surface area contributed by atoms with E-state index in [-0.39, 0.29) is 6.84 Å². The summed E-state index contributed by atoms with van der Waals surface area (Å²) in [5, 5.41) is 8.24. The smallest absolute Gasteiger partial charge is 0.0653 e. The molecule has 0 spiro atoms. The van der Waals surface area contributed by atoms with Crippen LogP contribution in [0.15, 0.2) is 24.4 Å². The lowest BCUT2D eigenvalue weighted by atomic mass is 9.75. The van der Waals surface area contributed by atoms with Gasteiger partial charge in [0, 0.05) is 6.81 Å². The molecule has 1 heterocycles. The molecule has 1 N–H and O–H groups in total. The molecule has 0 fully saturated rings. The van der Waals surface area contributed by atoms with Crippen LogP contribution in [0.2, 0.25) is 0 Å². The number of H-pyrrole nitrogens is 1. The van der Waals surface area contributed by atoms with Gasteiger partial charge in [-0.2, -0.15) is 5.10 Å². The Bertz CT molecular complexity index is 471. The van der Waals surface area contributed by atoms with Crippen molar-refractivity contribution in [1.82, 2.24) is 10.2 Å². The van der Waals surface area contributed by atoms with Gasteiger partial charge in [-0.15, -0.1) is 0 Å². The second-order valence-electron chi connectivity index (χ2n) is 5.05. The second kappa shape index (κ2) is 3.37. The molecule has 2 heteroatoms. The molecule has 0 amide bonds. The van der Waals surface area contributed by atoms with E-state index in [1.165, 1.54) is 10.9 Å². The van der Waals surface area contributed by atoms with Crippen molar-refractivity contribution in [3.63, 3.8) is 0 Å². The number of rotatable bonds is 2. The highest BCUT2D eigenvalue weighted by Gasteiger charge is 2.24. The highest BCUT2D eigenvalue weighted by atomic mass is 15.1. The maximum absolute atomic E-state index is 4.04. The maximum atomic E-state index is 4.04. The van der Waals surface area contributed by atoms with E-state index in [1.807, 2.05) is 6.20 Å². The topological polar surface area (TPSA) is 28.7 Å². The van der Waals surface area contributed by atoms with Gasteiger partial charge in [0.15, 0.2) is 0 Å². The van der Waals surface area contributed by atoms with Crippen LogP contribution in [0, 0.1) is 5.92 Å². The minimum atomic E-state index is 0.